The van der Waals surface area contributed by atoms with Crippen molar-refractivity contribution in [3.8, 4) is 5.75 Å². The molecule has 154 valence electrons. The van der Waals surface area contributed by atoms with E-state index in [0.717, 1.165) is 11.3 Å². The van der Waals surface area contributed by atoms with Gasteiger partial charge in [0.1, 0.15) is 10.6 Å². The fraction of sp³-hybridized carbons (Fsp3) is 0.250. The molecule has 0 bridgehead atoms. The number of nitrogens with one attached hydrogen (secondary N) is 1. The molecular weight excluding hydrogens is 394 g/mol. The first-order valence-corrected chi connectivity index (χ1v) is 10.5. The maximum absolute atomic E-state index is 13.0. The Kier molecular flexibility index (Phi) is 6.53. The van der Waals surface area contributed by atoms with E-state index in [0.29, 0.717) is 31.9 Å². The quantitative estimate of drug-likeness (QED) is 0.422. The molecule has 8 nitrogen and oxygen atoms in total. The second-order valence-electron chi connectivity index (χ2n) is 6.41. The van der Waals surface area contributed by atoms with Gasteiger partial charge in [0.05, 0.1) is 7.11 Å². The number of sulfonamides is 1. The van der Waals surface area contributed by atoms with Crippen molar-refractivity contribution in [1.29, 1.82) is 0 Å². The number of ether oxygens (including phenoxy) is 1. The number of hydrogen-bond acceptors (Lipinski definition) is 6. The van der Waals surface area contributed by atoms with Gasteiger partial charge in [0.2, 0.25) is 10.0 Å². The number of piperazine rings is 1. The summed E-state index contributed by atoms with van der Waals surface area (Å²) in [5.41, 5.74) is 3.25. The SMILES string of the molecule is COc1ccccc1S(=O)(=O)N1CCN(c2ccccc2/C=C/C(=O)NO)CC1. The van der Waals surface area contributed by atoms with Crippen molar-refractivity contribution < 1.29 is 23.2 Å². The highest BCUT2D eigenvalue weighted by Crippen LogP contribution is 2.28. The Balaban J connectivity index is 1.76. The molecule has 0 radical (unpaired) electrons. The summed E-state index contributed by atoms with van der Waals surface area (Å²) >= 11 is 0. The van der Waals surface area contributed by atoms with Crippen LogP contribution in [0, 0.1) is 0 Å². The number of methoxy groups -OCH3 is 1. The monoisotopic (exact) mass is 417 g/mol. The Morgan fingerprint density at radius 3 is 2.41 bits per heavy atom. The highest BCUT2D eigenvalue weighted by molar-refractivity contribution is 7.89. The van der Waals surface area contributed by atoms with Crippen LogP contribution in [0.4, 0.5) is 5.69 Å². The molecule has 1 aliphatic rings. The normalized spacial score (nSPS) is 15.4. The summed E-state index contributed by atoms with van der Waals surface area (Å²) in [6.07, 6.45) is 2.85. The Hall–Kier alpha value is -2.88. The van der Waals surface area contributed by atoms with Crippen LogP contribution in [0.2, 0.25) is 0 Å². The number of carbonyl (C=O) groups excluding carboxylic acids is 1. The van der Waals surface area contributed by atoms with Crippen LogP contribution in [0.3, 0.4) is 0 Å². The van der Waals surface area contributed by atoms with E-state index in [4.69, 9.17) is 9.94 Å². The van der Waals surface area contributed by atoms with Crippen molar-refractivity contribution in [3.05, 3.63) is 60.2 Å². The summed E-state index contributed by atoms with van der Waals surface area (Å²) in [4.78, 5) is 13.5. The number of anilines is 1. The summed E-state index contributed by atoms with van der Waals surface area (Å²) in [7, 11) is -2.21. The Morgan fingerprint density at radius 1 is 1.07 bits per heavy atom. The van der Waals surface area contributed by atoms with Gasteiger partial charge < -0.3 is 9.64 Å². The van der Waals surface area contributed by atoms with Crippen LogP contribution in [-0.4, -0.2) is 57.1 Å². The molecule has 29 heavy (non-hydrogen) atoms. The molecule has 0 saturated carbocycles. The third-order valence-electron chi connectivity index (χ3n) is 4.73. The minimum atomic E-state index is -3.66. The number of hydroxylamine groups is 1. The zero-order valence-corrected chi connectivity index (χ0v) is 16.8. The van der Waals surface area contributed by atoms with Crippen molar-refractivity contribution >= 4 is 27.7 Å². The second-order valence-corrected chi connectivity index (χ2v) is 8.32. The zero-order valence-electron chi connectivity index (χ0n) is 16.0. The van der Waals surface area contributed by atoms with Crippen molar-refractivity contribution in [2.45, 2.75) is 4.90 Å². The number of benzene rings is 2. The van der Waals surface area contributed by atoms with Crippen LogP contribution >= 0.6 is 0 Å². The summed E-state index contributed by atoms with van der Waals surface area (Å²) in [5.74, 6) is -0.292. The average molecular weight is 417 g/mol. The molecular formula is C20H23N3O5S. The number of para-hydroxylation sites is 2. The largest absolute Gasteiger partial charge is 0.495 e. The molecule has 0 spiro atoms. The number of hydrogen-bond donors (Lipinski definition) is 2. The number of nitrogens with zero attached hydrogens (tertiary/aromatic N) is 2. The van der Waals surface area contributed by atoms with Gasteiger partial charge in [-0.2, -0.15) is 4.31 Å². The fourth-order valence-electron chi connectivity index (χ4n) is 3.26. The lowest BCUT2D eigenvalue weighted by Gasteiger charge is -2.36. The van der Waals surface area contributed by atoms with Gasteiger partial charge in [0, 0.05) is 37.9 Å². The first-order valence-electron chi connectivity index (χ1n) is 9.06. The maximum Gasteiger partial charge on any atom is 0.267 e. The van der Waals surface area contributed by atoms with Crippen LogP contribution in [0.1, 0.15) is 5.56 Å². The van der Waals surface area contributed by atoms with Gasteiger partial charge >= 0.3 is 0 Å². The molecule has 1 aliphatic heterocycles. The van der Waals surface area contributed by atoms with Gasteiger partial charge in [-0.1, -0.05) is 30.3 Å². The molecule has 1 amide bonds. The third kappa shape index (κ3) is 4.58. The standard InChI is InChI=1S/C20H23N3O5S/c1-28-18-8-4-5-9-19(18)29(26,27)23-14-12-22(13-15-23)17-7-3-2-6-16(17)10-11-20(24)21-25/h2-11,25H,12-15H2,1H3,(H,21,24)/b11-10+. The molecule has 0 unspecified atom stereocenters. The van der Waals surface area contributed by atoms with Crippen LogP contribution in [0.25, 0.3) is 6.08 Å². The predicted octanol–water partition coefficient (Wildman–Crippen LogP) is 1.72. The molecule has 0 atom stereocenters. The highest BCUT2D eigenvalue weighted by atomic mass is 32.2. The van der Waals surface area contributed by atoms with Crippen molar-refractivity contribution in [2.24, 2.45) is 0 Å². The lowest BCUT2D eigenvalue weighted by atomic mass is 10.1. The van der Waals surface area contributed by atoms with Crippen LogP contribution in [0.5, 0.6) is 5.75 Å². The molecule has 9 heteroatoms. The van der Waals surface area contributed by atoms with Gasteiger partial charge in [0.15, 0.2) is 0 Å². The van der Waals surface area contributed by atoms with Crippen LogP contribution < -0.4 is 15.1 Å². The fourth-order valence-corrected chi connectivity index (χ4v) is 4.84. The summed E-state index contributed by atoms with van der Waals surface area (Å²) in [5, 5.41) is 8.64. The van der Waals surface area contributed by atoms with Gasteiger partial charge in [0.25, 0.3) is 5.91 Å². The van der Waals surface area contributed by atoms with E-state index in [9.17, 15) is 13.2 Å². The van der Waals surface area contributed by atoms with E-state index in [1.54, 1.807) is 35.8 Å². The zero-order chi connectivity index (χ0) is 20.9. The van der Waals surface area contributed by atoms with Gasteiger partial charge in [-0.25, -0.2) is 13.9 Å². The van der Waals surface area contributed by atoms with E-state index in [1.165, 1.54) is 17.5 Å². The number of amides is 1. The Morgan fingerprint density at radius 2 is 1.72 bits per heavy atom. The van der Waals surface area contributed by atoms with Gasteiger partial charge in [-0.05, 0) is 29.8 Å². The first-order chi connectivity index (χ1) is 14.0. The molecule has 1 fully saturated rings. The Bertz CT molecular complexity index is 999. The second kappa shape index (κ2) is 9.08. The maximum atomic E-state index is 13.0. The summed E-state index contributed by atoms with van der Waals surface area (Å²) in [6.45, 7) is 1.67. The highest BCUT2D eigenvalue weighted by Gasteiger charge is 2.31. The predicted molar refractivity (Wildman–Crippen MR) is 109 cm³/mol. The summed E-state index contributed by atoms with van der Waals surface area (Å²) in [6, 6.07) is 14.1. The lowest BCUT2D eigenvalue weighted by Crippen LogP contribution is -2.48. The average Bonchev–Trinajstić information content (AvgIpc) is 2.77. The topological polar surface area (TPSA) is 99.2 Å². The molecule has 3 rings (SSSR count). The number of carbonyl (C=O) groups is 1. The van der Waals surface area contributed by atoms with Crippen LogP contribution in [0.15, 0.2) is 59.5 Å². The molecule has 0 aliphatic carbocycles. The summed E-state index contributed by atoms with van der Waals surface area (Å²) < 4.78 is 32.7. The van der Waals surface area contributed by atoms with E-state index < -0.39 is 15.9 Å². The molecule has 2 aromatic rings. The lowest BCUT2D eigenvalue weighted by molar-refractivity contribution is -0.124. The molecule has 0 aromatic heterocycles. The smallest absolute Gasteiger partial charge is 0.267 e. The van der Waals surface area contributed by atoms with E-state index in [1.807, 2.05) is 24.3 Å². The van der Waals surface area contributed by atoms with Crippen LogP contribution in [-0.2, 0) is 14.8 Å². The third-order valence-corrected chi connectivity index (χ3v) is 6.67. The minimum absolute atomic E-state index is 0.161. The van der Waals surface area contributed by atoms with E-state index >= 15 is 0 Å². The van der Waals surface area contributed by atoms with Crippen molar-refractivity contribution in [1.82, 2.24) is 9.79 Å². The Labute approximate surface area is 170 Å². The molecule has 1 saturated heterocycles. The first kappa shape index (κ1) is 20.8. The molecule has 1 heterocycles. The molecule has 2 N–H and O–H groups in total. The van der Waals surface area contributed by atoms with Crippen molar-refractivity contribution in [3.63, 3.8) is 0 Å². The van der Waals surface area contributed by atoms with Crippen molar-refractivity contribution in [2.75, 3.05) is 38.2 Å². The van der Waals surface area contributed by atoms with E-state index in [2.05, 4.69) is 4.90 Å². The molecule has 2 aromatic carbocycles. The van der Waals surface area contributed by atoms with Gasteiger partial charge in [-0.3, -0.25) is 10.0 Å². The minimum Gasteiger partial charge on any atom is -0.495 e. The van der Waals surface area contributed by atoms with Gasteiger partial charge in [-0.15, -0.1) is 0 Å². The number of rotatable bonds is 6. The van der Waals surface area contributed by atoms with E-state index in [-0.39, 0.29) is 4.90 Å².